The van der Waals surface area contributed by atoms with Crippen LogP contribution in [0.4, 0.5) is 8.78 Å². The average Bonchev–Trinajstić information content (AvgIpc) is 2.37. The maximum absolute atomic E-state index is 13.6. The van der Waals surface area contributed by atoms with E-state index in [1.165, 1.54) is 24.3 Å². The van der Waals surface area contributed by atoms with Gasteiger partial charge in [-0.05, 0) is 63.8 Å². The van der Waals surface area contributed by atoms with Crippen LogP contribution in [0.5, 0.6) is 0 Å². The topological polar surface area (TPSA) is 26.0 Å². The fourth-order valence-corrected chi connectivity index (χ4v) is 2.24. The molecular formula is C14H11BrClF2N. The van der Waals surface area contributed by atoms with Gasteiger partial charge in [-0.1, -0.05) is 17.7 Å². The van der Waals surface area contributed by atoms with E-state index in [-0.39, 0.29) is 18.1 Å². The monoisotopic (exact) mass is 345 g/mol. The fourth-order valence-electron chi connectivity index (χ4n) is 1.80. The van der Waals surface area contributed by atoms with E-state index in [2.05, 4.69) is 15.9 Å². The van der Waals surface area contributed by atoms with Crippen molar-refractivity contribution in [1.82, 2.24) is 0 Å². The van der Waals surface area contributed by atoms with E-state index in [1.807, 2.05) is 0 Å². The van der Waals surface area contributed by atoms with E-state index in [9.17, 15) is 8.78 Å². The van der Waals surface area contributed by atoms with Gasteiger partial charge in [-0.25, -0.2) is 8.78 Å². The van der Waals surface area contributed by atoms with Crippen LogP contribution in [0, 0.1) is 11.6 Å². The van der Waals surface area contributed by atoms with Gasteiger partial charge in [0.15, 0.2) is 0 Å². The molecule has 0 fully saturated rings. The maximum Gasteiger partial charge on any atom is 0.137 e. The third kappa shape index (κ3) is 3.53. The van der Waals surface area contributed by atoms with Gasteiger partial charge >= 0.3 is 0 Å². The van der Waals surface area contributed by atoms with Crippen molar-refractivity contribution in [3.8, 4) is 0 Å². The van der Waals surface area contributed by atoms with Gasteiger partial charge in [0.1, 0.15) is 11.6 Å². The Morgan fingerprint density at radius 2 is 1.84 bits per heavy atom. The van der Waals surface area contributed by atoms with Crippen molar-refractivity contribution in [3.05, 3.63) is 68.7 Å². The first kappa shape index (κ1) is 14.4. The Labute approximate surface area is 123 Å². The Morgan fingerprint density at radius 3 is 2.53 bits per heavy atom. The van der Waals surface area contributed by atoms with Gasteiger partial charge in [-0.3, -0.25) is 0 Å². The second-order valence-corrected chi connectivity index (χ2v) is 5.51. The number of hydrogen-bond acceptors (Lipinski definition) is 1. The summed E-state index contributed by atoms with van der Waals surface area (Å²) < 4.78 is 27.4. The van der Waals surface area contributed by atoms with Gasteiger partial charge < -0.3 is 5.73 Å². The highest BCUT2D eigenvalue weighted by Gasteiger charge is 2.12. The Bertz CT molecular complexity index is 604. The van der Waals surface area contributed by atoms with Crippen molar-refractivity contribution in [2.45, 2.75) is 12.5 Å². The first-order chi connectivity index (χ1) is 8.97. The quantitative estimate of drug-likeness (QED) is 0.862. The van der Waals surface area contributed by atoms with Crippen molar-refractivity contribution >= 4 is 27.5 Å². The zero-order chi connectivity index (χ0) is 14.0. The normalized spacial score (nSPS) is 12.5. The zero-order valence-corrected chi connectivity index (χ0v) is 12.2. The predicted molar refractivity (Wildman–Crippen MR) is 76.1 cm³/mol. The standard InChI is InChI=1S/C14H11BrClF2N/c15-11-3-1-8(6-13(11)18)14(19)7-9-5-10(16)2-4-12(9)17/h1-6,14H,7,19H2. The fraction of sp³-hybridized carbons (Fsp3) is 0.143. The van der Waals surface area contributed by atoms with Crippen molar-refractivity contribution < 1.29 is 8.78 Å². The summed E-state index contributed by atoms with van der Waals surface area (Å²) in [4.78, 5) is 0. The minimum absolute atomic E-state index is 0.257. The van der Waals surface area contributed by atoms with Crippen LogP contribution >= 0.6 is 27.5 Å². The van der Waals surface area contributed by atoms with E-state index < -0.39 is 6.04 Å². The third-order valence-electron chi connectivity index (χ3n) is 2.82. The predicted octanol–water partition coefficient (Wildman–Crippen LogP) is 4.62. The number of nitrogens with two attached hydrogens (primary N) is 1. The molecule has 1 unspecified atom stereocenters. The second-order valence-electron chi connectivity index (χ2n) is 4.22. The molecule has 2 aromatic rings. The first-order valence-electron chi connectivity index (χ1n) is 5.62. The molecule has 0 radical (unpaired) electrons. The van der Waals surface area contributed by atoms with E-state index in [0.29, 0.717) is 20.6 Å². The van der Waals surface area contributed by atoms with Crippen LogP contribution in [-0.4, -0.2) is 0 Å². The van der Waals surface area contributed by atoms with Crippen molar-refractivity contribution in [2.75, 3.05) is 0 Å². The average molecular weight is 347 g/mol. The lowest BCUT2D eigenvalue weighted by atomic mass is 9.99. The molecule has 100 valence electrons. The van der Waals surface area contributed by atoms with Gasteiger partial charge in [-0.2, -0.15) is 0 Å². The molecule has 5 heteroatoms. The smallest absolute Gasteiger partial charge is 0.137 e. The summed E-state index contributed by atoms with van der Waals surface area (Å²) in [5.41, 5.74) is 7.00. The van der Waals surface area contributed by atoms with Crippen LogP contribution in [0.15, 0.2) is 40.9 Å². The van der Waals surface area contributed by atoms with Crippen LogP contribution in [0.3, 0.4) is 0 Å². The van der Waals surface area contributed by atoms with Crippen LogP contribution < -0.4 is 5.73 Å². The largest absolute Gasteiger partial charge is 0.324 e. The lowest BCUT2D eigenvalue weighted by Gasteiger charge is -2.13. The summed E-state index contributed by atoms with van der Waals surface area (Å²) in [6, 6.07) is 8.45. The lowest BCUT2D eigenvalue weighted by molar-refractivity contribution is 0.588. The van der Waals surface area contributed by atoms with Gasteiger partial charge in [0.25, 0.3) is 0 Å². The Kier molecular flexibility index (Phi) is 4.55. The Hall–Kier alpha value is -0.970. The number of halogens is 4. The minimum atomic E-state index is -0.490. The molecule has 0 amide bonds. The van der Waals surface area contributed by atoms with Crippen LogP contribution in [0.25, 0.3) is 0 Å². The molecule has 2 N–H and O–H groups in total. The Balaban J connectivity index is 2.22. The molecule has 0 bridgehead atoms. The lowest BCUT2D eigenvalue weighted by Crippen LogP contribution is -2.14. The highest BCUT2D eigenvalue weighted by Crippen LogP contribution is 2.24. The number of hydrogen-bond donors (Lipinski definition) is 1. The molecular weight excluding hydrogens is 336 g/mol. The molecule has 0 spiro atoms. The summed E-state index contributed by atoms with van der Waals surface area (Å²) in [5.74, 6) is -0.753. The van der Waals surface area contributed by atoms with Crippen LogP contribution in [0.2, 0.25) is 5.02 Å². The molecule has 2 aromatic carbocycles. The molecule has 0 aliphatic rings. The highest BCUT2D eigenvalue weighted by atomic mass is 79.9. The molecule has 0 heterocycles. The van der Waals surface area contributed by atoms with Crippen molar-refractivity contribution in [2.24, 2.45) is 5.73 Å². The molecule has 0 saturated heterocycles. The van der Waals surface area contributed by atoms with Gasteiger partial charge in [0, 0.05) is 11.1 Å². The summed E-state index contributed by atoms with van der Waals surface area (Å²) in [6.45, 7) is 0. The van der Waals surface area contributed by atoms with Gasteiger partial charge in [0.2, 0.25) is 0 Å². The van der Waals surface area contributed by atoms with Crippen molar-refractivity contribution in [1.29, 1.82) is 0 Å². The van der Waals surface area contributed by atoms with E-state index in [4.69, 9.17) is 17.3 Å². The zero-order valence-electron chi connectivity index (χ0n) is 9.84. The summed E-state index contributed by atoms with van der Waals surface area (Å²) in [6.07, 6.45) is 0.257. The summed E-state index contributed by atoms with van der Waals surface area (Å²) in [7, 11) is 0. The van der Waals surface area contributed by atoms with Crippen LogP contribution in [-0.2, 0) is 6.42 Å². The van der Waals surface area contributed by atoms with E-state index in [1.54, 1.807) is 12.1 Å². The minimum Gasteiger partial charge on any atom is -0.324 e. The van der Waals surface area contributed by atoms with E-state index >= 15 is 0 Å². The second kappa shape index (κ2) is 5.99. The number of rotatable bonds is 3. The van der Waals surface area contributed by atoms with Crippen molar-refractivity contribution in [3.63, 3.8) is 0 Å². The molecule has 0 aliphatic heterocycles. The highest BCUT2D eigenvalue weighted by molar-refractivity contribution is 9.10. The van der Waals surface area contributed by atoms with E-state index in [0.717, 1.165) is 0 Å². The molecule has 1 nitrogen and oxygen atoms in total. The van der Waals surface area contributed by atoms with Crippen LogP contribution in [0.1, 0.15) is 17.2 Å². The summed E-state index contributed by atoms with van der Waals surface area (Å²) in [5, 5.41) is 0.450. The van der Waals surface area contributed by atoms with Gasteiger partial charge in [-0.15, -0.1) is 0 Å². The molecule has 0 aliphatic carbocycles. The first-order valence-corrected chi connectivity index (χ1v) is 6.79. The summed E-state index contributed by atoms with van der Waals surface area (Å²) >= 11 is 8.89. The molecule has 1 atom stereocenters. The molecule has 2 rings (SSSR count). The third-order valence-corrected chi connectivity index (χ3v) is 3.70. The van der Waals surface area contributed by atoms with Gasteiger partial charge in [0.05, 0.1) is 4.47 Å². The maximum atomic E-state index is 13.6. The Morgan fingerprint density at radius 1 is 1.11 bits per heavy atom. The molecule has 0 aromatic heterocycles. The SMILES string of the molecule is NC(Cc1cc(Cl)ccc1F)c1ccc(Br)c(F)c1. The molecule has 19 heavy (non-hydrogen) atoms. The molecule has 0 saturated carbocycles. The number of benzene rings is 2.